The minimum absolute atomic E-state index is 0.0699. The van der Waals surface area contributed by atoms with E-state index in [1.54, 1.807) is 6.92 Å². The molecule has 100 valence electrons. The van der Waals surface area contributed by atoms with Crippen LogP contribution in [0.5, 0.6) is 0 Å². The van der Waals surface area contributed by atoms with Gasteiger partial charge in [-0.3, -0.25) is 4.79 Å². The number of nitrogens with one attached hydrogen (secondary N) is 1. The highest BCUT2D eigenvalue weighted by atomic mass is 35.5. The van der Waals surface area contributed by atoms with Gasteiger partial charge in [-0.05, 0) is 31.0 Å². The van der Waals surface area contributed by atoms with Crippen LogP contribution >= 0.6 is 11.6 Å². The van der Waals surface area contributed by atoms with E-state index in [1.807, 2.05) is 24.3 Å². The fraction of sp³-hybridized carbons (Fsp3) is 0.308. The lowest BCUT2D eigenvalue weighted by Gasteiger charge is -2.11. The third kappa shape index (κ3) is 3.79. The van der Waals surface area contributed by atoms with Gasteiger partial charge in [-0.2, -0.15) is 5.10 Å². The molecule has 1 aromatic carbocycles. The number of hydrogen-bond acceptors (Lipinski definition) is 3. The molecule has 1 atom stereocenters. The minimum atomic E-state index is -0.354. The Hall–Kier alpha value is -1.88. The molecule has 1 heterocycles. The second-order valence-electron chi connectivity index (χ2n) is 4.22. The summed E-state index contributed by atoms with van der Waals surface area (Å²) < 4.78 is 1.53. The van der Waals surface area contributed by atoms with E-state index in [-0.39, 0.29) is 11.9 Å². The topological polar surface area (TPSA) is 59.8 Å². The van der Waals surface area contributed by atoms with Crippen molar-refractivity contribution in [2.24, 2.45) is 0 Å². The zero-order chi connectivity index (χ0) is 13.7. The molecule has 0 aliphatic carbocycles. The van der Waals surface area contributed by atoms with Crippen LogP contribution in [-0.2, 0) is 11.2 Å². The molecule has 2 rings (SSSR count). The van der Waals surface area contributed by atoms with E-state index in [0.717, 1.165) is 12.0 Å². The molecule has 2 aromatic rings. The lowest BCUT2D eigenvalue weighted by atomic mass is 10.1. The van der Waals surface area contributed by atoms with Crippen LogP contribution in [-0.4, -0.2) is 27.2 Å². The van der Waals surface area contributed by atoms with Gasteiger partial charge in [0, 0.05) is 11.6 Å². The molecule has 6 heteroatoms. The van der Waals surface area contributed by atoms with Gasteiger partial charge in [-0.1, -0.05) is 23.7 Å². The Bertz CT molecular complexity index is 524. The molecule has 1 amide bonds. The zero-order valence-corrected chi connectivity index (χ0v) is 11.3. The van der Waals surface area contributed by atoms with E-state index >= 15 is 0 Å². The first-order chi connectivity index (χ1) is 9.16. The second-order valence-corrected chi connectivity index (χ2v) is 4.66. The number of benzene rings is 1. The largest absolute Gasteiger partial charge is 0.354 e. The van der Waals surface area contributed by atoms with Crippen LogP contribution in [0.15, 0.2) is 36.9 Å². The predicted octanol–water partition coefficient (Wildman–Crippen LogP) is 1.85. The van der Waals surface area contributed by atoms with Crippen LogP contribution in [0, 0.1) is 0 Å². The molecule has 0 bridgehead atoms. The molecule has 0 spiro atoms. The monoisotopic (exact) mass is 278 g/mol. The summed E-state index contributed by atoms with van der Waals surface area (Å²) in [6, 6.07) is 7.24. The molecule has 0 radical (unpaired) electrons. The quantitative estimate of drug-likeness (QED) is 0.908. The van der Waals surface area contributed by atoms with Gasteiger partial charge in [0.1, 0.15) is 18.7 Å². The van der Waals surface area contributed by atoms with Crippen molar-refractivity contribution in [3.05, 3.63) is 47.5 Å². The van der Waals surface area contributed by atoms with Crippen LogP contribution in [0.2, 0.25) is 5.02 Å². The van der Waals surface area contributed by atoms with Crippen molar-refractivity contribution in [2.45, 2.75) is 19.4 Å². The van der Waals surface area contributed by atoms with Gasteiger partial charge >= 0.3 is 0 Å². The van der Waals surface area contributed by atoms with Gasteiger partial charge in [-0.25, -0.2) is 9.67 Å². The molecule has 0 saturated carbocycles. The molecule has 1 N–H and O–H groups in total. The molecule has 0 saturated heterocycles. The Labute approximate surface area is 116 Å². The number of aromatic nitrogens is 3. The molecule has 19 heavy (non-hydrogen) atoms. The van der Waals surface area contributed by atoms with Gasteiger partial charge in [0.15, 0.2) is 0 Å². The summed E-state index contributed by atoms with van der Waals surface area (Å²) in [5, 5.41) is 7.53. The van der Waals surface area contributed by atoms with Crippen molar-refractivity contribution in [3.8, 4) is 0 Å². The third-order valence-electron chi connectivity index (χ3n) is 2.84. The van der Waals surface area contributed by atoms with Crippen LogP contribution in [0.25, 0.3) is 0 Å². The van der Waals surface area contributed by atoms with Crippen molar-refractivity contribution >= 4 is 17.5 Å². The lowest BCUT2D eigenvalue weighted by molar-refractivity contribution is -0.124. The average Bonchev–Trinajstić information content (AvgIpc) is 2.94. The maximum Gasteiger partial charge on any atom is 0.244 e. The van der Waals surface area contributed by atoms with E-state index in [9.17, 15) is 4.79 Å². The summed E-state index contributed by atoms with van der Waals surface area (Å²) in [5.41, 5.74) is 1.14. The maximum atomic E-state index is 11.9. The third-order valence-corrected chi connectivity index (χ3v) is 3.09. The van der Waals surface area contributed by atoms with E-state index in [0.29, 0.717) is 11.6 Å². The second kappa shape index (κ2) is 6.33. The van der Waals surface area contributed by atoms with Crippen LogP contribution in [0.1, 0.15) is 18.5 Å². The van der Waals surface area contributed by atoms with Crippen molar-refractivity contribution in [1.29, 1.82) is 0 Å². The SMILES string of the molecule is C[C@@H](C(=O)NCCc1ccc(Cl)cc1)n1cncn1. The molecule has 0 unspecified atom stereocenters. The first-order valence-corrected chi connectivity index (χ1v) is 6.41. The highest BCUT2D eigenvalue weighted by Crippen LogP contribution is 2.09. The highest BCUT2D eigenvalue weighted by molar-refractivity contribution is 6.30. The summed E-state index contributed by atoms with van der Waals surface area (Å²) in [4.78, 5) is 15.7. The highest BCUT2D eigenvalue weighted by Gasteiger charge is 2.14. The maximum absolute atomic E-state index is 11.9. The molecule has 0 aliphatic rings. The summed E-state index contributed by atoms with van der Waals surface area (Å²) >= 11 is 5.81. The Balaban J connectivity index is 1.79. The smallest absolute Gasteiger partial charge is 0.244 e. The van der Waals surface area contributed by atoms with Gasteiger partial charge in [0.05, 0.1) is 0 Å². The van der Waals surface area contributed by atoms with Crippen molar-refractivity contribution < 1.29 is 4.79 Å². The van der Waals surface area contributed by atoms with E-state index < -0.39 is 0 Å². The fourth-order valence-corrected chi connectivity index (χ4v) is 1.79. The minimum Gasteiger partial charge on any atom is -0.354 e. The van der Waals surface area contributed by atoms with Gasteiger partial charge < -0.3 is 5.32 Å². The zero-order valence-electron chi connectivity index (χ0n) is 10.6. The van der Waals surface area contributed by atoms with Gasteiger partial charge in [-0.15, -0.1) is 0 Å². The Morgan fingerprint density at radius 1 is 1.42 bits per heavy atom. The van der Waals surface area contributed by atoms with E-state index in [4.69, 9.17) is 11.6 Å². The average molecular weight is 279 g/mol. The van der Waals surface area contributed by atoms with Gasteiger partial charge in [0.25, 0.3) is 0 Å². The van der Waals surface area contributed by atoms with Crippen molar-refractivity contribution in [3.63, 3.8) is 0 Å². The summed E-state index contributed by atoms with van der Waals surface area (Å²) in [6.07, 6.45) is 3.72. The first kappa shape index (κ1) is 13.5. The fourth-order valence-electron chi connectivity index (χ4n) is 1.67. The van der Waals surface area contributed by atoms with Crippen LogP contribution < -0.4 is 5.32 Å². The Kier molecular flexibility index (Phi) is 4.52. The number of hydrogen-bond donors (Lipinski definition) is 1. The number of carbonyl (C=O) groups is 1. The van der Waals surface area contributed by atoms with Crippen LogP contribution in [0.4, 0.5) is 0 Å². The molecular weight excluding hydrogens is 264 g/mol. The van der Waals surface area contributed by atoms with Crippen molar-refractivity contribution in [2.75, 3.05) is 6.54 Å². The molecule has 5 nitrogen and oxygen atoms in total. The Morgan fingerprint density at radius 2 is 2.16 bits per heavy atom. The lowest BCUT2D eigenvalue weighted by Crippen LogP contribution is -2.32. The Morgan fingerprint density at radius 3 is 2.79 bits per heavy atom. The number of amides is 1. The molecule has 0 aliphatic heterocycles. The standard InChI is InChI=1S/C13H15ClN4O/c1-10(18-9-15-8-17-18)13(19)16-7-6-11-2-4-12(14)5-3-11/h2-5,8-10H,6-7H2,1H3,(H,16,19)/t10-/m0/s1. The first-order valence-electron chi connectivity index (χ1n) is 6.03. The van der Waals surface area contributed by atoms with Crippen LogP contribution in [0.3, 0.4) is 0 Å². The summed E-state index contributed by atoms with van der Waals surface area (Å²) in [6.45, 7) is 2.37. The molecule has 0 fully saturated rings. The van der Waals surface area contributed by atoms with E-state index in [1.165, 1.54) is 17.3 Å². The van der Waals surface area contributed by atoms with Gasteiger partial charge in [0.2, 0.25) is 5.91 Å². The number of carbonyl (C=O) groups excluding carboxylic acids is 1. The number of rotatable bonds is 5. The molecular formula is C13H15ClN4O. The van der Waals surface area contributed by atoms with E-state index in [2.05, 4.69) is 15.4 Å². The van der Waals surface area contributed by atoms with Crippen molar-refractivity contribution in [1.82, 2.24) is 20.1 Å². The predicted molar refractivity (Wildman–Crippen MR) is 72.9 cm³/mol. The molecule has 1 aromatic heterocycles. The number of halogens is 1. The number of nitrogens with zero attached hydrogens (tertiary/aromatic N) is 3. The summed E-state index contributed by atoms with van der Waals surface area (Å²) in [7, 11) is 0. The normalized spacial score (nSPS) is 12.1. The summed E-state index contributed by atoms with van der Waals surface area (Å²) in [5.74, 6) is -0.0699.